The Morgan fingerprint density at radius 2 is 1.96 bits per heavy atom. The van der Waals surface area contributed by atoms with E-state index in [1.807, 2.05) is 5.43 Å². The van der Waals surface area contributed by atoms with Crippen LogP contribution in [-0.4, -0.2) is 45.1 Å². The van der Waals surface area contributed by atoms with Crippen LogP contribution < -0.4 is 15.6 Å². The highest BCUT2D eigenvalue weighted by Crippen LogP contribution is 2.14. The Hall–Kier alpha value is -1.85. The second-order valence-corrected chi connectivity index (χ2v) is 7.39. The first-order valence-electron chi connectivity index (χ1n) is 7.30. The van der Waals surface area contributed by atoms with Crippen molar-refractivity contribution in [3.05, 3.63) is 30.1 Å². The van der Waals surface area contributed by atoms with E-state index < -0.39 is 38.8 Å². The predicted molar refractivity (Wildman–Crippen MR) is 91.8 cm³/mol. The zero-order valence-corrected chi connectivity index (χ0v) is 15.4. The van der Waals surface area contributed by atoms with Gasteiger partial charge in [-0.2, -0.15) is 16.5 Å². The summed E-state index contributed by atoms with van der Waals surface area (Å²) in [6, 6.07) is 3.64. The maximum atomic E-state index is 13.7. The lowest BCUT2D eigenvalue weighted by Gasteiger charge is -2.18. The van der Waals surface area contributed by atoms with E-state index in [0.717, 1.165) is 12.1 Å². The van der Waals surface area contributed by atoms with Crippen molar-refractivity contribution in [1.82, 2.24) is 15.6 Å². The van der Waals surface area contributed by atoms with Crippen molar-refractivity contribution in [1.29, 1.82) is 0 Å². The van der Waals surface area contributed by atoms with Crippen LogP contribution in [0, 0.1) is 5.82 Å². The lowest BCUT2D eigenvalue weighted by Crippen LogP contribution is -2.52. The van der Waals surface area contributed by atoms with Crippen LogP contribution in [0.15, 0.2) is 29.2 Å². The number of carbonyl (C=O) groups excluding carboxylic acids is 2. The first-order valence-corrected chi connectivity index (χ1v) is 10.2. The molecule has 0 aliphatic carbocycles. The summed E-state index contributed by atoms with van der Waals surface area (Å²) in [7, 11) is -4.25. The summed E-state index contributed by atoms with van der Waals surface area (Å²) in [5.74, 6) is -1.25. The molecular formula is C14H20FN3O5S2. The van der Waals surface area contributed by atoms with Gasteiger partial charge in [0, 0.05) is 0 Å². The third kappa shape index (κ3) is 6.88. The van der Waals surface area contributed by atoms with Gasteiger partial charge < -0.3 is 4.74 Å². The lowest BCUT2D eigenvalue weighted by atomic mass is 10.2. The molecule has 0 bridgehead atoms. The first kappa shape index (κ1) is 21.2. The topological polar surface area (TPSA) is 114 Å². The quantitative estimate of drug-likeness (QED) is 0.568. The zero-order chi connectivity index (χ0) is 18.9. The normalized spacial score (nSPS) is 12.3. The Kier molecular flexibility index (Phi) is 8.66. The van der Waals surface area contributed by atoms with Crippen LogP contribution in [0.5, 0.6) is 0 Å². The van der Waals surface area contributed by atoms with Gasteiger partial charge in [-0.05, 0) is 37.5 Å². The molecule has 8 nitrogen and oxygen atoms in total. The fraction of sp³-hybridized carbons (Fsp3) is 0.429. The molecule has 140 valence electrons. The Morgan fingerprint density at radius 3 is 2.56 bits per heavy atom. The number of hydrazine groups is 1. The summed E-state index contributed by atoms with van der Waals surface area (Å²) in [5, 5.41) is 0. The van der Waals surface area contributed by atoms with Crippen LogP contribution in [0.2, 0.25) is 0 Å². The van der Waals surface area contributed by atoms with E-state index >= 15 is 0 Å². The average Bonchev–Trinajstić information content (AvgIpc) is 2.57. The molecule has 11 heteroatoms. The third-order valence-electron chi connectivity index (χ3n) is 2.91. The van der Waals surface area contributed by atoms with Crippen LogP contribution in [0.4, 0.5) is 9.18 Å². The second-order valence-electron chi connectivity index (χ2n) is 4.72. The van der Waals surface area contributed by atoms with E-state index in [9.17, 15) is 22.4 Å². The number of nitrogens with one attached hydrogen (secondary N) is 3. The molecule has 1 rings (SSSR count). The summed E-state index contributed by atoms with van der Waals surface area (Å²) in [4.78, 5) is 22.8. The minimum atomic E-state index is -4.25. The molecule has 0 aliphatic heterocycles. The van der Waals surface area contributed by atoms with Crippen molar-refractivity contribution < 1.29 is 27.1 Å². The van der Waals surface area contributed by atoms with E-state index in [1.165, 1.54) is 23.9 Å². The van der Waals surface area contributed by atoms with Crippen molar-refractivity contribution in [3.8, 4) is 0 Å². The van der Waals surface area contributed by atoms with Crippen LogP contribution in [0.1, 0.15) is 13.3 Å². The number of benzene rings is 1. The van der Waals surface area contributed by atoms with Gasteiger partial charge in [-0.25, -0.2) is 23.0 Å². The first-order chi connectivity index (χ1) is 11.8. The predicted octanol–water partition coefficient (Wildman–Crippen LogP) is 1.00. The van der Waals surface area contributed by atoms with E-state index in [2.05, 4.69) is 14.9 Å². The molecule has 1 aromatic carbocycles. The average molecular weight is 393 g/mol. The number of sulfonamides is 1. The van der Waals surface area contributed by atoms with E-state index in [0.29, 0.717) is 5.75 Å². The summed E-state index contributed by atoms with van der Waals surface area (Å²) >= 11 is 1.40. The SMILES string of the molecule is CCOC(=O)NNC(=O)C(CCSC)NS(=O)(=O)c1ccccc1F. The van der Waals surface area contributed by atoms with Crippen LogP contribution >= 0.6 is 11.8 Å². The van der Waals surface area contributed by atoms with Gasteiger partial charge in [0.25, 0.3) is 5.91 Å². The summed E-state index contributed by atoms with van der Waals surface area (Å²) in [5.41, 5.74) is 4.07. The second kappa shape index (κ2) is 10.2. The van der Waals surface area contributed by atoms with Crippen molar-refractivity contribution >= 4 is 33.8 Å². The molecule has 0 aromatic heterocycles. The van der Waals surface area contributed by atoms with Gasteiger partial charge in [-0.15, -0.1) is 0 Å². The molecule has 0 fully saturated rings. The number of hydrogen-bond donors (Lipinski definition) is 3. The largest absolute Gasteiger partial charge is 0.449 e. The minimum Gasteiger partial charge on any atom is -0.449 e. The summed E-state index contributed by atoms with van der Waals surface area (Å²) in [6.45, 7) is 1.70. The highest BCUT2D eigenvalue weighted by Gasteiger charge is 2.27. The number of halogens is 1. The fourth-order valence-corrected chi connectivity index (χ4v) is 3.54. The molecule has 3 N–H and O–H groups in total. The number of amides is 2. The summed E-state index contributed by atoms with van der Waals surface area (Å²) < 4.78 is 45.1. The van der Waals surface area contributed by atoms with E-state index in [-0.39, 0.29) is 13.0 Å². The molecule has 1 aromatic rings. The monoisotopic (exact) mass is 393 g/mol. The van der Waals surface area contributed by atoms with Crippen molar-refractivity contribution in [3.63, 3.8) is 0 Å². The minimum absolute atomic E-state index is 0.109. The number of carbonyl (C=O) groups is 2. The van der Waals surface area contributed by atoms with Gasteiger partial charge in [0.2, 0.25) is 10.0 Å². The molecule has 25 heavy (non-hydrogen) atoms. The Morgan fingerprint density at radius 1 is 1.28 bits per heavy atom. The molecular weight excluding hydrogens is 373 g/mol. The van der Waals surface area contributed by atoms with Gasteiger partial charge in [0.15, 0.2) is 0 Å². The lowest BCUT2D eigenvalue weighted by molar-refractivity contribution is -0.123. The molecule has 0 spiro atoms. The Labute approximate surface area is 149 Å². The smallest absolute Gasteiger partial charge is 0.426 e. The molecule has 0 saturated carbocycles. The Bertz CT molecular complexity index is 699. The van der Waals surface area contributed by atoms with Crippen molar-refractivity contribution in [2.75, 3.05) is 18.6 Å². The van der Waals surface area contributed by atoms with E-state index in [1.54, 1.807) is 13.2 Å². The van der Waals surface area contributed by atoms with E-state index in [4.69, 9.17) is 0 Å². The van der Waals surface area contributed by atoms with Crippen molar-refractivity contribution in [2.45, 2.75) is 24.3 Å². The third-order valence-corrected chi connectivity index (χ3v) is 5.06. The maximum absolute atomic E-state index is 13.7. The zero-order valence-electron chi connectivity index (χ0n) is 13.7. The molecule has 0 saturated heterocycles. The number of ether oxygens (including phenoxy) is 1. The molecule has 1 atom stereocenters. The highest BCUT2D eigenvalue weighted by atomic mass is 32.2. The van der Waals surface area contributed by atoms with Crippen molar-refractivity contribution in [2.24, 2.45) is 0 Å². The van der Waals surface area contributed by atoms with Gasteiger partial charge in [0.05, 0.1) is 6.61 Å². The Balaban J connectivity index is 2.86. The van der Waals surface area contributed by atoms with Gasteiger partial charge in [-0.1, -0.05) is 12.1 Å². The highest BCUT2D eigenvalue weighted by molar-refractivity contribution is 7.98. The number of hydrogen-bond acceptors (Lipinski definition) is 6. The van der Waals surface area contributed by atoms with Crippen LogP contribution in [0.25, 0.3) is 0 Å². The van der Waals surface area contributed by atoms with Gasteiger partial charge in [-0.3, -0.25) is 10.2 Å². The standard InChI is InChI=1S/C14H20FN3O5S2/c1-3-23-14(20)17-16-13(19)11(8-9-24-2)18-25(21,22)12-7-5-4-6-10(12)15/h4-7,11,18H,3,8-9H2,1-2H3,(H,16,19)(H,17,20). The molecule has 1 unspecified atom stereocenters. The molecule has 0 heterocycles. The van der Waals surface area contributed by atoms with Crippen LogP contribution in [-0.2, 0) is 19.6 Å². The number of rotatable bonds is 8. The molecule has 2 amide bonds. The summed E-state index contributed by atoms with van der Waals surface area (Å²) in [6.07, 6.45) is 1.05. The maximum Gasteiger partial charge on any atom is 0.426 e. The molecule has 0 aliphatic rings. The number of thioether (sulfide) groups is 1. The fourth-order valence-electron chi connectivity index (χ4n) is 1.76. The van der Waals surface area contributed by atoms with Gasteiger partial charge in [0.1, 0.15) is 16.8 Å². The molecule has 0 radical (unpaired) electrons. The van der Waals surface area contributed by atoms with Gasteiger partial charge >= 0.3 is 6.09 Å². The van der Waals surface area contributed by atoms with Crippen LogP contribution in [0.3, 0.4) is 0 Å².